The summed E-state index contributed by atoms with van der Waals surface area (Å²) < 4.78 is 0. The van der Waals surface area contributed by atoms with E-state index in [0.29, 0.717) is 23.5 Å². The third-order valence-corrected chi connectivity index (χ3v) is 6.03. The van der Waals surface area contributed by atoms with Gasteiger partial charge >= 0.3 is 0 Å². The van der Waals surface area contributed by atoms with E-state index < -0.39 is 0 Å². The maximum atomic E-state index is 12.2. The Balaban J connectivity index is 0.000000356. The van der Waals surface area contributed by atoms with E-state index in [1.54, 1.807) is 31.3 Å². The number of nitrogens with two attached hydrogens (primary N) is 1. The number of benzene rings is 1. The Bertz CT molecular complexity index is 1270. The van der Waals surface area contributed by atoms with Crippen LogP contribution < -0.4 is 16.0 Å². The zero-order valence-corrected chi connectivity index (χ0v) is 21.7. The molecule has 0 radical (unpaired) electrons. The van der Waals surface area contributed by atoms with E-state index in [9.17, 15) is 9.59 Å². The molecule has 1 aliphatic rings. The van der Waals surface area contributed by atoms with Crippen LogP contribution in [0.3, 0.4) is 0 Å². The van der Waals surface area contributed by atoms with Gasteiger partial charge in [-0.3, -0.25) is 14.6 Å². The molecule has 0 saturated carbocycles. The van der Waals surface area contributed by atoms with Crippen LogP contribution in [0, 0.1) is 11.3 Å². The second-order valence-electron chi connectivity index (χ2n) is 9.20. The number of hydrogen-bond acceptors (Lipinski definition) is 7. The Morgan fingerprint density at radius 1 is 1.16 bits per heavy atom. The van der Waals surface area contributed by atoms with Crippen LogP contribution in [-0.2, 0) is 11.2 Å². The summed E-state index contributed by atoms with van der Waals surface area (Å²) in [6.07, 6.45) is 4.95. The quantitative estimate of drug-likeness (QED) is 0.551. The number of likely N-dealkylation sites (N-methyl/N-ethyl adjacent to an activating group) is 1. The van der Waals surface area contributed by atoms with Gasteiger partial charge in [0.2, 0.25) is 5.91 Å². The summed E-state index contributed by atoms with van der Waals surface area (Å²) in [4.78, 5) is 36.3. The van der Waals surface area contributed by atoms with Crippen LogP contribution in [-0.4, -0.2) is 59.9 Å². The Morgan fingerprint density at radius 2 is 1.95 bits per heavy atom. The molecule has 9 nitrogen and oxygen atoms in total. The molecule has 0 aliphatic carbocycles. The second-order valence-corrected chi connectivity index (χ2v) is 9.20. The van der Waals surface area contributed by atoms with E-state index in [1.807, 2.05) is 48.2 Å². The number of nitriles is 1. The first-order valence-electron chi connectivity index (χ1n) is 12.1. The number of rotatable bonds is 5. The second kappa shape index (κ2) is 12.6. The number of fused-ring (bicyclic) bond motifs is 1. The van der Waals surface area contributed by atoms with E-state index in [2.05, 4.69) is 28.3 Å². The number of hydrogen-bond donors (Lipinski definition) is 2. The van der Waals surface area contributed by atoms with Gasteiger partial charge in [-0.2, -0.15) is 5.26 Å². The number of carbonyl (C=O) groups is 2. The van der Waals surface area contributed by atoms with Gasteiger partial charge in [0.05, 0.1) is 16.8 Å². The molecule has 0 fully saturated rings. The number of aromatic nitrogens is 2. The molecule has 4 rings (SSSR count). The Hall–Kier alpha value is -4.29. The molecule has 3 N–H and O–H groups in total. The smallest absolute Gasteiger partial charge is 0.252 e. The van der Waals surface area contributed by atoms with Gasteiger partial charge in [-0.05, 0) is 75.8 Å². The van der Waals surface area contributed by atoms with Crippen molar-refractivity contribution in [3.8, 4) is 17.3 Å². The number of anilines is 2. The zero-order valence-electron chi connectivity index (χ0n) is 21.7. The van der Waals surface area contributed by atoms with Crippen LogP contribution in [0.2, 0.25) is 0 Å². The number of nitrogens with one attached hydrogen (secondary N) is 1. The molecular formula is C28H33N7O2. The number of aryl methyl sites for hydroxylation is 1. The van der Waals surface area contributed by atoms with Gasteiger partial charge in [0, 0.05) is 49.7 Å². The molecule has 1 aliphatic heterocycles. The average molecular weight is 500 g/mol. The lowest BCUT2D eigenvalue weighted by Crippen LogP contribution is -2.40. The normalized spacial score (nSPS) is 14.2. The Kier molecular flexibility index (Phi) is 9.30. The molecule has 0 saturated heterocycles. The third-order valence-electron chi connectivity index (χ3n) is 6.03. The SMILES string of the molecule is CC(=O)N1c2ccc(-c3ccc(C(=O)NCCN(C)C)cn3)cc2CC[C@@H]1C.N#Cc1ccc(N)nc1. The molecule has 192 valence electrons. The summed E-state index contributed by atoms with van der Waals surface area (Å²) in [5, 5.41) is 11.2. The first-order chi connectivity index (χ1) is 17.7. The van der Waals surface area contributed by atoms with Crippen LogP contribution >= 0.6 is 0 Å². The van der Waals surface area contributed by atoms with Crippen molar-refractivity contribution in [2.24, 2.45) is 0 Å². The van der Waals surface area contributed by atoms with Crippen LogP contribution in [0.25, 0.3) is 11.3 Å². The lowest BCUT2D eigenvalue weighted by molar-refractivity contribution is -0.117. The van der Waals surface area contributed by atoms with Crippen LogP contribution in [0.5, 0.6) is 0 Å². The first kappa shape index (κ1) is 27.3. The molecule has 3 aromatic rings. The summed E-state index contributed by atoms with van der Waals surface area (Å²) in [7, 11) is 3.94. The molecule has 37 heavy (non-hydrogen) atoms. The highest BCUT2D eigenvalue weighted by Gasteiger charge is 2.26. The highest BCUT2D eigenvalue weighted by molar-refractivity contribution is 5.95. The standard InChI is InChI=1S/C22H28N4O2.C6H5N3/c1-15-5-6-18-13-17(8-10-21(18)26(15)16(2)27)20-9-7-19(14-24-20)22(28)23-11-12-25(3)4;7-3-5-1-2-6(8)9-4-5/h7-10,13-15H,5-6,11-12H2,1-4H3,(H,23,28);1-2,4H,(H2,8,9)/t15-;/m0./s1. The molecule has 1 atom stereocenters. The van der Waals surface area contributed by atoms with Crippen LogP contribution in [0.4, 0.5) is 11.5 Å². The van der Waals surface area contributed by atoms with Crippen molar-refractivity contribution in [1.29, 1.82) is 5.26 Å². The number of nitrogens with zero attached hydrogens (tertiary/aromatic N) is 5. The van der Waals surface area contributed by atoms with Gasteiger partial charge in [-0.1, -0.05) is 6.07 Å². The summed E-state index contributed by atoms with van der Waals surface area (Å²) in [5.74, 6) is 0.399. The van der Waals surface area contributed by atoms with Crippen LogP contribution in [0.15, 0.2) is 54.9 Å². The van der Waals surface area contributed by atoms with Gasteiger partial charge < -0.3 is 20.9 Å². The van der Waals surface area contributed by atoms with Crippen molar-refractivity contribution in [2.75, 3.05) is 37.8 Å². The van der Waals surface area contributed by atoms with E-state index in [4.69, 9.17) is 11.0 Å². The fourth-order valence-electron chi connectivity index (χ4n) is 4.06. The lowest BCUT2D eigenvalue weighted by atomic mass is 9.94. The fraction of sp³-hybridized carbons (Fsp3) is 0.321. The number of carbonyl (C=O) groups excluding carboxylic acids is 2. The van der Waals surface area contributed by atoms with E-state index in [-0.39, 0.29) is 17.9 Å². The monoisotopic (exact) mass is 499 g/mol. The van der Waals surface area contributed by atoms with Gasteiger partial charge in [0.15, 0.2) is 0 Å². The van der Waals surface area contributed by atoms with E-state index >= 15 is 0 Å². The fourth-order valence-corrected chi connectivity index (χ4v) is 4.06. The number of pyridine rings is 2. The van der Waals surface area contributed by atoms with E-state index in [1.165, 1.54) is 6.20 Å². The Labute approximate surface area is 217 Å². The molecule has 2 amide bonds. The highest BCUT2D eigenvalue weighted by atomic mass is 16.2. The summed E-state index contributed by atoms with van der Waals surface area (Å²) in [6, 6.07) is 15.2. The van der Waals surface area contributed by atoms with Crippen molar-refractivity contribution in [1.82, 2.24) is 20.2 Å². The van der Waals surface area contributed by atoms with Crippen molar-refractivity contribution in [3.63, 3.8) is 0 Å². The zero-order chi connectivity index (χ0) is 26.9. The minimum atomic E-state index is -0.113. The molecule has 0 spiro atoms. The maximum absolute atomic E-state index is 12.2. The first-order valence-corrected chi connectivity index (χ1v) is 12.1. The van der Waals surface area contributed by atoms with Crippen molar-refractivity contribution in [2.45, 2.75) is 32.7 Å². The summed E-state index contributed by atoms with van der Waals surface area (Å²) in [6.45, 7) is 5.09. The van der Waals surface area contributed by atoms with E-state index in [0.717, 1.165) is 41.9 Å². The summed E-state index contributed by atoms with van der Waals surface area (Å²) in [5.41, 5.74) is 10.3. The van der Waals surface area contributed by atoms with Crippen molar-refractivity contribution < 1.29 is 9.59 Å². The largest absolute Gasteiger partial charge is 0.384 e. The molecule has 0 unspecified atom stereocenters. The predicted octanol–water partition coefficient (Wildman–Crippen LogP) is 3.26. The number of amides is 2. The molecule has 2 aromatic heterocycles. The molecular weight excluding hydrogens is 466 g/mol. The van der Waals surface area contributed by atoms with Gasteiger partial charge in [-0.15, -0.1) is 0 Å². The van der Waals surface area contributed by atoms with Crippen LogP contribution in [0.1, 0.15) is 41.8 Å². The topological polar surface area (TPSA) is 128 Å². The maximum Gasteiger partial charge on any atom is 0.252 e. The summed E-state index contributed by atoms with van der Waals surface area (Å²) >= 11 is 0. The molecule has 3 heterocycles. The molecule has 9 heteroatoms. The number of nitrogen functional groups attached to an aromatic ring is 1. The van der Waals surface area contributed by atoms with Crippen molar-refractivity contribution >= 4 is 23.3 Å². The van der Waals surface area contributed by atoms with Gasteiger partial charge in [0.1, 0.15) is 11.9 Å². The molecule has 0 bridgehead atoms. The lowest BCUT2D eigenvalue weighted by Gasteiger charge is -2.34. The molecule has 1 aromatic carbocycles. The minimum Gasteiger partial charge on any atom is -0.384 e. The Morgan fingerprint density at radius 3 is 2.54 bits per heavy atom. The van der Waals surface area contributed by atoms with Gasteiger partial charge in [0.25, 0.3) is 5.91 Å². The minimum absolute atomic E-state index is 0.0731. The predicted molar refractivity (Wildman–Crippen MR) is 145 cm³/mol. The van der Waals surface area contributed by atoms with Gasteiger partial charge in [-0.25, -0.2) is 4.98 Å². The average Bonchev–Trinajstić information content (AvgIpc) is 2.89. The third kappa shape index (κ3) is 7.35. The highest BCUT2D eigenvalue weighted by Crippen LogP contribution is 2.33. The van der Waals surface area contributed by atoms with Crippen molar-refractivity contribution in [3.05, 3.63) is 71.5 Å².